The van der Waals surface area contributed by atoms with Crippen molar-refractivity contribution in [2.75, 3.05) is 52.5 Å². The van der Waals surface area contributed by atoms with Gasteiger partial charge in [0.05, 0.1) is 13.2 Å². The van der Waals surface area contributed by atoms with Gasteiger partial charge in [-0.15, -0.1) is 0 Å². The lowest BCUT2D eigenvalue weighted by Gasteiger charge is -2.30. The second-order valence-electron chi connectivity index (χ2n) is 6.17. The van der Waals surface area contributed by atoms with Crippen LogP contribution in [-0.2, 0) is 11.3 Å². The van der Waals surface area contributed by atoms with Crippen LogP contribution in [0.2, 0.25) is 0 Å². The molecule has 2 atom stereocenters. The largest absolute Gasteiger partial charge is 0.396 e. The third-order valence-electron chi connectivity index (χ3n) is 4.61. The summed E-state index contributed by atoms with van der Waals surface area (Å²) in [5.41, 5.74) is 1.25. The first kappa shape index (κ1) is 14.9. The van der Waals surface area contributed by atoms with E-state index in [0.717, 1.165) is 52.5 Å². The molecule has 0 saturated carbocycles. The lowest BCUT2D eigenvalue weighted by molar-refractivity contribution is 0.0264. The molecule has 1 N–H and O–H groups in total. The Morgan fingerprint density at radius 2 is 2.00 bits per heavy atom. The van der Waals surface area contributed by atoms with E-state index in [4.69, 9.17) is 4.74 Å². The minimum absolute atomic E-state index is 0.290. The lowest BCUT2D eigenvalue weighted by Crippen LogP contribution is -2.41. The van der Waals surface area contributed by atoms with Crippen molar-refractivity contribution >= 4 is 0 Å². The second kappa shape index (κ2) is 7.31. The number of rotatable bonds is 5. The molecule has 5 heteroatoms. The van der Waals surface area contributed by atoms with E-state index in [-0.39, 0.29) is 0 Å². The van der Waals surface area contributed by atoms with Crippen molar-refractivity contribution in [1.82, 2.24) is 14.8 Å². The zero-order chi connectivity index (χ0) is 14.5. The van der Waals surface area contributed by atoms with Gasteiger partial charge in [-0.25, -0.2) is 0 Å². The van der Waals surface area contributed by atoms with Crippen LogP contribution in [0.5, 0.6) is 0 Å². The van der Waals surface area contributed by atoms with Gasteiger partial charge in [-0.1, -0.05) is 6.07 Å². The molecule has 3 heterocycles. The molecule has 0 aliphatic carbocycles. The third-order valence-corrected chi connectivity index (χ3v) is 4.61. The molecule has 0 amide bonds. The Hall–Kier alpha value is -1.01. The first-order valence-electron chi connectivity index (χ1n) is 7.87. The Morgan fingerprint density at radius 1 is 1.19 bits per heavy atom. The van der Waals surface area contributed by atoms with Gasteiger partial charge in [0.1, 0.15) is 0 Å². The molecule has 21 heavy (non-hydrogen) atoms. The first-order valence-corrected chi connectivity index (χ1v) is 7.87. The number of nitrogens with zero attached hydrogens (tertiary/aromatic N) is 3. The Morgan fingerprint density at radius 3 is 2.71 bits per heavy atom. The molecule has 2 saturated heterocycles. The minimum Gasteiger partial charge on any atom is -0.396 e. The number of hydrogen-bond donors (Lipinski definition) is 1. The molecule has 3 rings (SSSR count). The maximum Gasteiger partial charge on any atom is 0.0594 e. The summed E-state index contributed by atoms with van der Waals surface area (Å²) in [6.07, 6.45) is 3.74. The number of aliphatic hydroxyl groups is 1. The SMILES string of the molecule is OC[C@H]1CN(Cc2cccnc2)C[C@H]1CN1CCOCC1. The number of likely N-dealkylation sites (tertiary alicyclic amines) is 1. The fourth-order valence-corrected chi connectivity index (χ4v) is 3.44. The van der Waals surface area contributed by atoms with Gasteiger partial charge in [0.2, 0.25) is 0 Å². The highest BCUT2D eigenvalue weighted by atomic mass is 16.5. The van der Waals surface area contributed by atoms with Crippen LogP contribution in [0.4, 0.5) is 0 Å². The van der Waals surface area contributed by atoms with E-state index < -0.39 is 0 Å². The molecular weight excluding hydrogens is 266 g/mol. The first-order chi connectivity index (χ1) is 10.3. The van der Waals surface area contributed by atoms with Crippen LogP contribution >= 0.6 is 0 Å². The summed E-state index contributed by atoms with van der Waals surface area (Å²) < 4.78 is 5.41. The number of hydrogen-bond acceptors (Lipinski definition) is 5. The zero-order valence-electron chi connectivity index (χ0n) is 12.5. The van der Waals surface area contributed by atoms with Crippen molar-refractivity contribution in [1.29, 1.82) is 0 Å². The van der Waals surface area contributed by atoms with Crippen molar-refractivity contribution in [2.45, 2.75) is 6.54 Å². The Bertz CT molecular complexity index is 423. The average Bonchev–Trinajstić information content (AvgIpc) is 2.91. The van der Waals surface area contributed by atoms with Gasteiger partial charge >= 0.3 is 0 Å². The van der Waals surface area contributed by atoms with E-state index in [1.165, 1.54) is 5.56 Å². The summed E-state index contributed by atoms with van der Waals surface area (Å²) in [5, 5.41) is 9.67. The van der Waals surface area contributed by atoms with Crippen LogP contribution < -0.4 is 0 Å². The van der Waals surface area contributed by atoms with Gasteiger partial charge in [-0.05, 0) is 23.5 Å². The highest BCUT2D eigenvalue weighted by molar-refractivity contribution is 5.08. The fraction of sp³-hybridized carbons (Fsp3) is 0.688. The molecule has 0 bridgehead atoms. The molecule has 2 aliphatic rings. The monoisotopic (exact) mass is 291 g/mol. The lowest BCUT2D eigenvalue weighted by atomic mass is 9.96. The van der Waals surface area contributed by atoms with Gasteiger partial charge < -0.3 is 9.84 Å². The Balaban J connectivity index is 1.55. The average molecular weight is 291 g/mol. The highest BCUT2D eigenvalue weighted by Gasteiger charge is 2.33. The summed E-state index contributed by atoms with van der Waals surface area (Å²) in [6, 6.07) is 4.11. The molecule has 0 unspecified atom stereocenters. The van der Waals surface area contributed by atoms with Crippen LogP contribution in [0, 0.1) is 11.8 Å². The summed E-state index contributed by atoms with van der Waals surface area (Å²) in [5.74, 6) is 0.953. The number of aromatic nitrogens is 1. The van der Waals surface area contributed by atoms with Crippen molar-refractivity contribution in [3.05, 3.63) is 30.1 Å². The van der Waals surface area contributed by atoms with Crippen molar-refractivity contribution < 1.29 is 9.84 Å². The Labute approximate surface area is 126 Å². The molecule has 0 radical (unpaired) electrons. The van der Waals surface area contributed by atoms with Crippen LogP contribution in [0.1, 0.15) is 5.56 Å². The molecule has 0 aromatic carbocycles. The van der Waals surface area contributed by atoms with Crippen LogP contribution in [0.3, 0.4) is 0 Å². The Kier molecular flexibility index (Phi) is 5.19. The predicted octanol–water partition coefficient (Wildman–Crippen LogP) is 0.454. The third kappa shape index (κ3) is 4.01. The van der Waals surface area contributed by atoms with Gasteiger partial charge in [0, 0.05) is 58.3 Å². The van der Waals surface area contributed by atoms with Crippen LogP contribution in [-0.4, -0.2) is 72.4 Å². The summed E-state index contributed by atoms with van der Waals surface area (Å²) >= 11 is 0. The smallest absolute Gasteiger partial charge is 0.0594 e. The molecule has 116 valence electrons. The summed E-state index contributed by atoms with van der Waals surface area (Å²) in [4.78, 5) is 9.10. The second-order valence-corrected chi connectivity index (χ2v) is 6.17. The summed E-state index contributed by atoms with van der Waals surface area (Å²) in [7, 11) is 0. The van der Waals surface area contributed by atoms with Crippen molar-refractivity contribution in [2.24, 2.45) is 11.8 Å². The maximum absolute atomic E-state index is 9.67. The minimum atomic E-state index is 0.290. The molecule has 1 aromatic heterocycles. The molecule has 0 spiro atoms. The van der Waals surface area contributed by atoms with Crippen LogP contribution in [0.25, 0.3) is 0 Å². The fourth-order valence-electron chi connectivity index (χ4n) is 3.44. The molecule has 2 fully saturated rings. The normalized spacial score (nSPS) is 28.0. The summed E-state index contributed by atoms with van der Waals surface area (Å²) in [6.45, 7) is 8.10. The predicted molar refractivity (Wildman–Crippen MR) is 80.8 cm³/mol. The molecule has 1 aromatic rings. The van der Waals surface area contributed by atoms with Crippen LogP contribution in [0.15, 0.2) is 24.5 Å². The van der Waals surface area contributed by atoms with E-state index in [2.05, 4.69) is 20.9 Å². The zero-order valence-corrected chi connectivity index (χ0v) is 12.5. The molecular formula is C16H25N3O2. The van der Waals surface area contributed by atoms with Gasteiger partial charge in [-0.2, -0.15) is 0 Å². The van der Waals surface area contributed by atoms with E-state index in [1.807, 2.05) is 18.5 Å². The van der Waals surface area contributed by atoms with E-state index >= 15 is 0 Å². The molecule has 2 aliphatic heterocycles. The van der Waals surface area contributed by atoms with Crippen molar-refractivity contribution in [3.8, 4) is 0 Å². The van der Waals surface area contributed by atoms with Gasteiger partial charge in [0.25, 0.3) is 0 Å². The topological polar surface area (TPSA) is 48.8 Å². The quantitative estimate of drug-likeness (QED) is 0.854. The number of aliphatic hydroxyl groups excluding tert-OH is 1. The number of ether oxygens (including phenoxy) is 1. The van der Waals surface area contributed by atoms with Gasteiger partial charge in [-0.3, -0.25) is 14.8 Å². The number of pyridine rings is 1. The van der Waals surface area contributed by atoms with Gasteiger partial charge in [0.15, 0.2) is 0 Å². The highest BCUT2D eigenvalue weighted by Crippen LogP contribution is 2.25. The number of morpholine rings is 1. The molecule has 5 nitrogen and oxygen atoms in total. The standard InChI is InChI=1S/C16H25N3O2/c20-13-16-12-19(9-14-2-1-3-17-8-14)11-15(16)10-18-4-6-21-7-5-18/h1-3,8,15-16,20H,4-7,9-13H2/t15-,16-/m1/s1. The van der Waals surface area contributed by atoms with E-state index in [0.29, 0.717) is 18.4 Å². The van der Waals surface area contributed by atoms with Crippen molar-refractivity contribution in [3.63, 3.8) is 0 Å². The van der Waals surface area contributed by atoms with E-state index in [9.17, 15) is 5.11 Å². The maximum atomic E-state index is 9.67. The van der Waals surface area contributed by atoms with E-state index in [1.54, 1.807) is 0 Å².